The smallest absolute Gasteiger partial charge is 0.267 e. The van der Waals surface area contributed by atoms with Gasteiger partial charge in [0.2, 0.25) is 0 Å². The van der Waals surface area contributed by atoms with Crippen LogP contribution in [0.15, 0.2) is 15.6 Å². The number of hydrogen-bond donors (Lipinski definition) is 2. The van der Waals surface area contributed by atoms with Gasteiger partial charge in [-0.25, -0.2) is 4.98 Å². The molecule has 0 spiro atoms. The maximum absolute atomic E-state index is 11.5. The average Bonchev–Trinajstić information content (AvgIpc) is 2.38. The van der Waals surface area contributed by atoms with Crippen molar-refractivity contribution in [3.8, 4) is 0 Å². The highest BCUT2D eigenvalue weighted by atomic mass is 79.9. The van der Waals surface area contributed by atoms with Gasteiger partial charge in [0.1, 0.15) is 10.3 Å². The molecule has 2 rings (SSSR count). The van der Waals surface area contributed by atoms with Gasteiger partial charge >= 0.3 is 0 Å². The van der Waals surface area contributed by atoms with E-state index < -0.39 is 0 Å². The Bertz CT molecular complexity index is 469. The van der Waals surface area contributed by atoms with Crippen molar-refractivity contribution in [1.29, 1.82) is 0 Å². The van der Waals surface area contributed by atoms with Crippen LogP contribution in [0.25, 0.3) is 0 Å². The van der Waals surface area contributed by atoms with E-state index in [2.05, 4.69) is 38.1 Å². The SMILES string of the molecule is CC1CCC(CCl)(Nc2nc[nH]c(=O)c2Br)CC1. The Morgan fingerprint density at radius 2 is 2.28 bits per heavy atom. The molecule has 4 nitrogen and oxygen atoms in total. The second-order valence-corrected chi connectivity index (χ2v) is 6.18. The highest BCUT2D eigenvalue weighted by Crippen LogP contribution is 2.35. The molecule has 1 aromatic rings. The molecule has 1 aliphatic carbocycles. The highest BCUT2D eigenvalue weighted by molar-refractivity contribution is 9.10. The Balaban J connectivity index is 2.20. The Labute approximate surface area is 120 Å². The van der Waals surface area contributed by atoms with E-state index in [0.29, 0.717) is 16.2 Å². The van der Waals surface area contributed by atoms with Crippen molar-refractivity contribution in [3.05, 3.63) is 21.2 Å². The molecule has 1 aromatic heterocycles. The molecule has 1 fully saturated rings. The summed E-state index contributed by atoms with van der Waals surface area (Å²) in [6.45, 7) is 2.26. The fourth-order valence-corrected chi connectivity index (χ4v) is 2.98. The molecular weight excluding hydrogens is 318 g/mol. The van der Waals surface area contributed by atoms with Crippen LogP contribution in [-0.4, -0.2) is 21.4 Å². The summed E-state index contributed by atoms with van der Waals surface area (Å²) in [5.41, 5.74) is -0.321. The van der Waals surface area contributed by atoms with Crippen LogP contribution in [-0.2, 0) is 0 Å². The summed E-state index contributed by atoms with van der Waals surface area (Å²) >= 11 is 9.40. The first-order valence-corrected chi connectivity index (χ1v) is 7.46. The average molecular weight is 335 g/mol. The summed E-state index contributed by atoms with van der Waals surface area (Å²) in [5.74, 6) is 1.85. The van der Waals surface area contributed by atoms with Crippen molar-refractivity contribution >= 4 is 33.3 Å². The predicted molar refractivity (Wildman–Crippen MR) is 77.3 cm³/mol. The zero-order chi connectivity index (χ0) is 13.2. The predicted octanol–water partition coefficient (Wildman–Crippen LogP) is 3.13. The van der Waals surface area contributed by atoms with E-state index in [0.717, 1.165) is 31.6 Å². The summed E-state index contributed by atoms with van der Waals surface area (Å²) < 4.78 is 0.438. The van der Waals surface area contributed by atoms with Crippen LogP contribution in [0.1, 0.15) is 32.6 Å². The van der Waals surface area contributed by atoms with E-state index >= 15 is 0 Å². The molecule has 0 atom stereocenters. The van der Waals surface area contributed by atoms with Gasteiger partial charge in [0.15, 0.2) is 0 Å². The second kappa shape index (κ2) is 5.61. The lowest BCUT2D eigenvalue weighted by Gasteiger charge is -2.39. The number of hydrogen-bond acceptors (Lipinski definition) is 3. The molecule has 1 aliphatic rings. The molecule has 0 unspecified atom stereocenters. The minimum Gasteiger partial charge on any atom is -0.362 e. The van der Waals surface area contributed by atoms with E-state index in [1.807, 2.05) is 0 Å². The Hall–Kier alpha value is -0.550. The summed E-state index contributed by atoms with van der Waals surface area (Å²) in [7, 11) is 0. The first-order valence-electron chi connectivity index (χ1n) is 6.14. The van der Waals surface area contributed by atoms with Crippen LogP contribution in [0, 0.1) is 5.92 Å². The van der Waals surface area contributed by atoms with E-state index in [1.165, 1.54) is 6.33 Å². The van der Waals surface area contributed by atoms with Crippen LogP contribution < -0.4 is 10.9 Å². The van der Waals surface area contributed by atoms with Crippen LogP contribution in [0.2, 0.25) is 0 Å². The molecule has 0 amide bonds. The van der Waals surface area contributed by atoms with Gasteiger partial charge in [0.25, 0.3) is 5.56 Å². The number of rotatable bonds is 3. The molecule has 2 N–H and O–H groups in total. The van der Waals surface area contributed by atoms with Crippen LogP contribution >= 0.6 is 27.5 Å². The Morgan fingerprint density at radius 1 is 1.61 bits per heavy atom. The summed E-state index contributed by atoms with van der Waals surface area (Å²) in [6.07, 6.45) is 5.74. The summed E-state index contributed by atoms with van der Waals surface area (Å²) in [5, 5.41) is 3.36. The van der Waals surface area contributed by atoms with Crippen LogP contribution in [0.3, 0.4) is 0 Å². The van der Waals surface area contributed by atoms with Crippen molar-refractivity contribution < 1.29 is 0 Å². The van der Waals surface area contributed by atoms with Gasteiger partial charge in [-0.05, 0) is 47.5 Å². The summed E-state index contributed by atoms with van der Waals surface area (Å²) in [6, 6.07) is 0. The standard InChI is InChI=1S/C12H17BrClN3O/c1-8-2-4-12(6-14,5-3-8)17-10-9(13)11(18)16-7-15-10/h7-8H,2-6H2,1H3,(H2,15,16,17,18). The first-order chi connectivity index (χ1) is 8.56. The van der Waals surface area contributed by atoms with Crippen molar-refractivity contribution in [2.45, 2.75) is 38.1 Å². The topological polar surface area (TPSA) is 57.8 Å². The van der Waals surface area contributed by atoms with Gasteiger partial charge in [-0.15, -0.1) is 11.6 Å². The molecule has 0 bridgehead atoms. The maximum atomic E-state index is 11.5. The third-order valence-electron chi connectivity index (χ3n) is 3.67. The minimum atomic E-state index is -0.179. The van der Waals surface area contributed by atoms with Crippen LogP contribution in [0.5, 0.6) is 0 Å². The number of alkyl halides is 1. The zero-order valence-electron chi connectivity index (χ0n) is 10.3. The van der Waals surface area contributed by atoms with Crippen molar-refractivity contribution in [1.82, 2.24) is 9.97 Å². The number of nitrogens with zero attached hydrogens (tertiary/aromatic N) is 1. The number of nitrogens with one attached hydrogen (secondary N) is 2. The minimum absolute atomic E-state index is 0.141. The van der Waals surface area contributed by atoms with Crippen molar-refractivity contribution in [3.63, 3.8) is 0 Å². The monoisotopic (exact) mass is 333 g/mol. The largest absolute Gasteiger partial charge is 0.362 e. The van der Waals surface area contributed by atoms with Gasteiger partial charge in [0, 0.05) is 5.88 Å². The lowest BCUT2D eigenvalue weighted by molar-refractivity contribution is 0.286. The number of aromatic amines is 1. The molecule has 1 heterocycles. The van der Waals surface area contributed by atoms with Gasteiger partial charge in [-0.3, -0.25) is 4.79 Å². The number of halogens is 2. The molecule has 0 aromatic carbocycles. The molecule has 0 aliphatic heterocycles. The van der Waals surface area contributed by atoms with Gasteiger partial charge in [-0.1, -0.05) is 6.92 Å². The fraction of sp³-hybridized carbons (Fsp3) is 0.667. The quantitative estimate of drug-likeness (QED) is 0.835. The molecule has 6 heteroatoms. The van der Waals surface area contributed by atoms with E-state index in [1.54, 1.807) is 0 Å². The lowest BCUT2D eigenvalue weighted by Crippen LogP contribution is -2.44. The molecule has 100 valence electrons. The molecule has 1 saturated carbocycles. The van der Waals surface area contributed by atoms with E-state index in [4.69, 9.17) is 11.6 Å². The zero-order valence-corrected chi connectivity index (χ0v) is 12.6. The molecule has 18 heavy (non-hydrogen) atoms. The summed E-state index contributed by atoms with van der Waals surface area (Å²) in [4.78, 5) is 18.2. The molecule has 0 radical (unpaired) electrons. The second-order valence-electron chi connectivity index (χ2n) is 5.12. The number of aromatic nitrogens is 2. The fourth-order valence-electron chi connectivity index (χ4n) is 2.33. The van der Waals surface area contributed by atoms with Crippen molar-refractivity contribution in [2.75, 3.05) is 11.2 Å². The van der Waals surface area contributed by atoms with Crippen LogP contribution in [0.4, 0.5) is 5.82 Å². The third kappa shape index (κ3) is 2.88. The first kappa shape index (κ1) is 13.9. The molecular formula is C12H17BrClN3O. The molecule has 0 saturated heterocycles. The number of anilines is 1. The van der Waals surface area contributed by atoms with Gasteiger partial charge in [-0.2, -0.15) is 0 Å². The highest BCUT2D eigenvalue weighted by Gasteiger charge is 2.34. The normalized spacial score (nSPS) is 28.1. The van der Waals surface area contributed by atoms with Gasteiger partial charge < -0.3 is 10.3 Å². The van der Waals surface area contributed by atoms with Gasteiger partial charge in [0.05, 0.1) is 11.9 Å². The Morgan fingerprint density at radius 3 is 2.89 bits per heavy atom. The number of H-pyrrole nitrogens is 1. The Kier molecular flexibility index (Phi) is 4.33. The van der Waals surface area contributed by atoms with E-state index in [9.17, 15) is 4.79 Å². The third-order valence-corrected chi connectivity index (χ3v) is 4.91. The lowest BCUT2D eigenvalue weighted by atomic mass is 9.78. The maximum Gasteiger partial charge on any atom is 0.267 e. The van der Waals surface area contributed by atoms with Crippen molar-refractivity contribution in [2.24, 2.45) is 5.92 Å². The van der Waals surface area contributed by atoms with E-state index in [-0.39, 0.29) is 11.1 Å².